The molecule has 0 spiro atoms. The summed E-state index contributed by atoms with van der Waals surface area (Å²) >= 11 is 7.59. The van der Waals surface area contributed by atoms with Crippen molar-refractivity contribution < 1.29 is 9.32 Å². The zero-order chi connectivity index (χ0) is 16.4. The predicted octanol–water partition coefficient (Wildman–Crippen LogP) is 3.29. The van der Waals surface area contributed by atoms with E-state index in [4.69, 9.17) is 16.0 Å². The molecule has 0 saturated heterocycles. The molecule has 1 atom stereocenters. The van der Waals surface area contributed by atoms with Gasteiger partial charge in [-0.25, -0.2) is 4.79 Å². The van der Waals surface area contributed by atoms with E-state index in [0.717, 1.165) is 34.8 Å². The van der Waals surface area contributed by atoms with Crippen LogP contribution in [0.3, 0.4) is 0 Å². The summed E-state index contributed by atoms with van der Waals surface area (Å²) in [5, 5.41) is 1.02. The first kappa shape index (κ1) is 16.2. The summed E-state index contributed by atoms with van der Waals surface area (Å²) < 4.78 is 6.18. The fourth-order valence-electron chi connectivity index (χ4n) is 2.77. The SMILES string of the molecule is CCc1ccc2c(C[NH+](C)Cc3ccc(Cl)s3)cc(=O)oc2c1. The minimum absolute atomic E-state index is 0.285. The van der Waals surface area contributed by atoms with Crippen LogP contribution < -0.4 is 10.5 Å². The molecule has 0 fully saturated rings. The van der Waals surface area contributed by atoms with Crippen LogP contribution in [-0.4, -0.2) is 7.05 Å². The Morgan fingerprint density at radius 3 is 2.70 bits per heavy atom. The Morgan fingerprint density at radius 2 is 2.00 bits per heavy atom. The van der Waals surface area contributed by atoms with Gasteiger partial charge in [0.05, 0.1) is 16.3 Å². The molecule has 0 aliphatic heterocycles. The summed E-state index contributed by atoms with van der Waals surface area (Å²) in [6.45, 7) is 3.74. The minimum Gasteiger partial charge on any atom is -0.423 e. The Labute approximate surface area is 144 Å². The largest absolute Gasteiger partial charge is 0.423 e. The van der Waals surface area contributed by atoms with Gasteiger partial charge in [-0.2, -0.15) is 0 Å². The van der Waals surface area contributed by atoms with E-state index in [1.807, 2.05) is 12.1 Å². The second kappa shape index (κ2) is 6.87. The number of hydrogen-bond donors (Lipinski definition) is 1. The summed E-state index contributed by atoms with van der Waals surface area (Å²) in [5.74, 6) is 0. The first-order valence-corrected chi connectivity index (χ1v) is 8.86. The number of benzene rings is 1. The lowest BCUT2D eigenvalue weighted by molar-refractivity contribution is -0.907. The third-order valence-corrected chi connectivity index (χ3v) is 5.13. The highest BCUT2D eigenvalue weighted by atomic mass is 35.5. The minimum atomic E-state index is -0.285. The molecule has 1 unspecified atom stereocenters. The molecule has 3 aromatic rings. The highest BCUT2D eigenvalue weighted by molar-refractivity contribution is 7.16. The van der Waals surface area contributed by atoms with Crippen LogP contribution in [0.15, 0.2) is 45.6 Å². The van der Waals surface area contributed by atoms with Crippen molar-refractivity contribution in [1.29, 1.82) is 0 Å². The molecule has 3 rings (SSSR count). The van der Waals surface area contributed by atoms with Gasteiger partial charge in [0.25, 0.3) is 0 Å². The van der Waals surface area contributed by atoms with Gasteiger partial charge in [0.15, 0.2) is 0 Å². The van der Waals surface area contributed by atoms with Crippen molar-refractivity contribution in [2.45, 2.75) is 26.4 Å². The number of quaternary nitrogens is 1. The normalized spacial score (nSPS) is 12.7. The third-order valence-electron chi connectivity index (χ3n) is 3.90. The molecular weight excluding hydrogens is 330 g/mol. The van der Waals surface area contributed by atoms with E-state index in [-0.39, 0.29) is 5.63 Å². The molecule has 1 aromatic carbocycles. The average molecular weight is 349 g/mol. The van der Waals surface area contributed by atoms with Crippen LogP contribution in [0.25, 0.3) is 11.0 Å². The Morgan fingerprint density at radius 1 is 1.17 bits per heavy atom. The maximum absolute atomic E-state index is 11.9. The third kappa shape index (κ3) is 3.83. The van der Waals surface area contributed by atoms with E-state index in [1.165, 1.54) is 15.3 Å². The number of rotatable bonds is 5. The molecule has 3 nitrogen and oxygen atoms in total. The van der Waals surface area contributed by atoms with Gasteiger partial charge in [0.1, 0.15) is 18.7 Å². The Kier molecular flexibility index (Phi) is 4.85. The first-order valence-electron chi connectivity index (χ1n) is 7.66. The highest BCUT2D eigenvalue weighted by Crippen LogP contribution is 2.21. The molecule has 0 aliphatic rings. The molecule has 5 heteroatoms. The predicted molar refractivity (Wildman–Crippen MR) is 95.5 cm³/mol. The van der Waals surface area contributed by atoms with Crippen molar-refractivity contribution in [2.75, 3.05) is 7.05 Å². The van der Waals surface area contributed by atoms with Gasteiger partial charge >= 0.3 is 5.63 Å². The Balaban J connectivity index is 1.88. The van der Waals surface area contributed by atoms with Gasteiger partial charge in [-0.1, -0.05) is 30.7 Å². The molecule has 0 radical (unpaired) electrons. The Hall–Kier alpha value is -1.62. The van der Waals surface area contributed by atoms with E-state index in [9.17, 15) is 4.79 Å². The van der Waals surface area contributed by atoms with Crippen LogP contribution in [0.1, 0.15) is 22.9 Å². The molecular formula is C18H19ClNO2S+. The van der Waals surface area contributed by atoms with Crippen molar-refractivity contribution in [2.24, 2.45) is 0 Å². The molecule has 0 bridgehead atoms. The van der Waals surface area contributed by atoms with Crippen molar-refractivity contribution in [3.8, 4) is 0 Å². The maximum Gasteiger partial charge on any atom is 0.336 e. The van der Waals surface area contributed by atoms with E-state index >= 15 is 0 Å². The summed E-state index contributed by atoms with van der Waals surface area (Å²) in [6.07, 6.45) is 0.925. The summed E-state index contributed by atoms with van der Waals surface area (Å²) in [4.78, 5) is 14.4. The second-order valence-corrected chi connectivity index (χ2v) is 7.59. The van der Waals surface area contributed by atoms with Crippen molar-refractivity contribution in [1.82, 2.24) is 0 Å². The molecule has 0 aliphatic carbocycles. The standard InChI is InChI=1S/C18H18ClNO2S/c1-3-12-4-6-15-13(9-18(21)22-16(15)8-12)10-20(2)11-14-5-7-17(19)23-14/h4-9H,3,10-11H2,1-2H3/p+1. The van der Waals surface area contributed by atoms with Gasteiger partial charge in [0, 0.05) is 17.0 Å². The monoisotopic (exact) mass is 348 g/mol. The van der Waals surface area contributed by atoms with Crippen molar-refractivity contribution in [3.05, 3.63) is 67.2 Å². The number of nitrogens with one attached hydrogen (secondary N) is 1. The number of thiophene rings is 1. The van der Waals surface area contributed by atoms with Crippen LogP contribution in [0.4, 0.5) is 0 Å². The molecule has 2 aromatic heterocycles. The van der Waals surface area contributed by atoms with Crippen molar-refractivity contribution in [3.63, 3.8) is 0 Å². The maximum atomic E-state index is 11.9. The van der Waals surface area contributed by atoms with Crippen LogP contribution in [-0.2, 0) is 19.5 Å². The smallest absolute Gasteiger partial charge is 0.336 e. The molecule has 0 amide bonds. The summed E-state index contributed by atoms with van der Waals surface area (Å²) in [5.41, 5.74) is 2.59. The average Bonchev–Trinajstić information content (AvgIpc) is 2.91. The molecule has 120 valence electrons. The van der Waals surface area contributed by atoms with Crippen LogP contribution in [0, 0.1) is 0 Å². The van der Waals surface area contributed by atoms with E-state index in [2.05, 4.69) is 32.2 Å². The number of hydrogen-bond acceptors (Lipinski definition) is 3. The summed E-state index contributed by atoms with van der Waals surface area (Å²) in [7, 11) is 2.12. The fraction of sp³-hybridized carbons (Fsp3) is 0.278. The second-order valence-electron chi connectivity index (χ2n) is 5.79. The first-order chi connectivity index (χ1) is 11.0. The number of fused-ring (bicyclic) bond motifs is 1. The topological polar surface area (TPSA) is 34.7 Å². The van der Waals surface area contributed by atoms with Crippen LogP contribution in [0.5, 0.6) is 0 Å². The number of aryl methyl sites for hydroxylation is 1. The fourth-order valence-corrected chi connectivity index (χ4v) is 3.97. The van der Waals surface area contributed by atoms with Gasteiger partial charge in [0.2, 0.25) is 0 Å². The van der Waals surface area contributed by atoms with E-state index in [1.54, 1.807) is 17.4 Å². The van der Waals surface area contributed by atoms with Gasteiger partial charge in [-0.3, -0.25) is 0 Å². The Bertz CT molecular complexity index is 884. The van der Waals surface area contributed by atoms with Gasteiger partial charge in [-0.05, 0) is 30.2 Å². The number of halogens is 1. The van der Waals surface area contributed by atoms with Gasteiger partial charge < -0.3 is 9.32 Å². The van der Waals surface area contributed by atoms with Crippen LogP contribution in [0.2, 0.25) is 4.34 Å². The van der Waals surface area contributed by atoms with Crippen molar-refractivity contribution >= 4 is 33.9 Å². The van der Waals surface area contributed by atoms with Crippen LogP contribution >= 0.6 is 22.9 Å². The molecule has 0 saturated carbocycles. The molecule has 23 heavy (non-hydrogen) atoms. The lowest BCUT2D eigenvalue weighted by Crippen LogP contribution is -3.06. The lowest BCUT2D eigenvalue weighted by atomic mass is 10.1. The van der Waals surface area contributed by atoms with E-state index < -0.39 is 0 Å². The zero-order valence-corrected chi connectivity index (χ0v) is 14.8. The molecule has 2 heterocycles. The zero-order valence-electron chi connectivity index (χ0n) is 13.2. The quantitative estimate of drug-likeness (QED) is 0.718. The molecule has 1 N–H and O–H groups in total. The lowest BCUT2D eigenvalue weighted by Gasteiger charge is -2.14. The summed E-state index contributed by atoms with van der Waals surface area (Å²) in [6, 6.07) is 11.7. The van der Waals surface area contributed by atoms with Gasteiger partial charge in [-0.15, -0.1) is 11.3 Å². The highest BCUT2D eigenvalue weighted by Gasteiger charge is 2.12. The van der Waals surface area contributed by atoms with E-state index in [0.29, 0.717) is 5.58 Å².